The van der Waals surface area contributed by atoms with E-state index in [4.69, 9.17) is 4.74 Å². The summed E-state index contributed by atoms with van der Waals surface area (Å²) in [5.41, 5.74) is 2.71. The van der Waals surface area contributed by atoms with Crippen molar-refractivity contribution in [3.63, 3.8) is 0 Å². The molecule has 1 heteroatoms. The van der Waals surface area contributed by atoms with Gasteiger partial charge in [0.25, 0.3) is 0 Å². The van der Waals surface area contributed by atoms with E-state index in [0.29, 0.717) is 5.41 Å². The maximum absolute atomic E-state index is 5.69. The topological polar surface area (TPSA) is 9.23 Å². The molecule has 1 aliphatic rings. The number of aryl methyl sites for hydroxylation is 1. The number of hydrogen-bond acceptors (Lipinski definition) is 1. The Labute approximate surface area is 104 Å². The molecule has 0 radical (unpaired) electrons. The van der Waals surface area contributed by atoms with Gasteiger partial charge in [0.1, 0.15) is 6.10 Å². The standard InChI is InChI=1S/C16H20O/c1-13-4-6-14(7-5-13)8-9-15-12-16(2,3)10-11-17-15/h4-7,15H,10-12H2,1-3H3. The molecule has 0 aliphatic carbocycles. The Morgan fingerprint density at radius 1 is 1.24 bits per heavy atom. The van der Waals surface area contributed by atoms with E-state index in [1.165, 1.54) is 5.56 Å². The summed E-state index contributed by atoms with van der Waals surface area (Å²) in [6.45, 7) is 7.50. The lowest BCUT2D eigenvalue weighted by Crippen LogP contribution is -2.30. The van der Waals surface area contributed by atoms with Crippen LogP contribution in [-0.4, -0.2) is 12.7 Å². The third-order valence-electron chi connectivity index (χ3n) is 3.26. The molecule has 2 rings (SSSR count). The molecule has 17 heavy (non-hydrogen) atoms. The largest absolute Gasteiger partial charge is 0.365 e. The minimum Gasteiger partial charge on any atom is -0.365 e. The van der Waals surface area contributed by atoms with Crippen LogP contribution < -0.4 is 0 Å². The summed E-state index contributed by atoms with van der Waals surface area (Å²) >= 11 is 0. The minimum atomic E-state index is 0.0973. The first kappa shape index (κ1) is 12.2. The van der Waals surface area contributed by atoms with Crippen molar-refractivity contribution in [2.45, 2.75) is 39.7 Å². The Kier molecular flexibility index (Phi) is 3.54. The first-order chi connectivity index (χ1) is 8.05. The van der Waals surface area contributed by atoms with Crippen molar-refractivity contribution in [2.24, 2.45) is 5.41 Å². The molecular formula is C16H20O. The van der Waals surface area contributed by atoms with E-state index in [1.54, 1.807) is 0 Å². The van der Waals surface area contributed by atoms with Crippen molar-refractivity contribution in [3.8, 4) is 11.8 Å². The predicted molar refractivity (Wildman–Crippen MR) is 70.8 cm³/mol. The molecule has 0 N–H and O–H groups in total. The van der Waals surface area contributed by atoms with E-state index in [1.807, 2.05) is 0 Å². The molecule has 1 nitrogen and oxygen atoms in total. The van der Waals surface area contributed by atoms with Gasteiger partial charge >= 0.3 is 0 Å². The van der Waals surface area contributed by atoms with Crippen molar-refractivity contribution in [2.75, 3.05) is 6.61 Å². The van der Waals surface area contributed by atoms with E-state index >= 15 is 0 Å². The maximum atomic E-state index is 5.69. The van der Waals surface area contributed by atoms with Gasteiger partial charge in [-0.15, -0.1) is 0 Å². The van der Waals surface area contributed by atoms with Gasteiger partial charge in [0, 0.05) is 12.2 Å². The van der Waals surface area contributed by atoms with Crippen LogP contribution in [0.3, 0.4) is 0 Å². The number of benzene rings is 1. The predicted octanol–water partition coefficient (Wildman–Crippen LogP) is 3.55. The van der Waals surface area contributed by atoms with Crippen molar-refractivity contribution >= 4 is 0 Å². The van der Waals surface area contributed by atoms with Crippen LogP contribution in [0.15, 0.2) is 24.3 Å². The number of ether oxygens (including phenoxy) is 1. The zero-order valence-electron chi connectivity index (χ0n) is 10.9. The second-order valence-corrected chi connectivity index (χ2v) is 5.61. The third-order valence-corrected chi connectivity index (χ3v) is 3.26. The maximum Gasteiger partial charge on any atom is 0.119 e. The van der Waals surface area contributed by atoms with Gasteiger partial charge in [-0.1, -0.05) is 43.4 Å². The van der Waals surface area contributed by atoms with Crippen molar-refractivity contribution in [1.82, 2.24) is 0 Å². The Balaban J connectivity index is 2.04. The molecule has 1 aromatic carbocycles. The highest BCUT2D eigenvalue weighted by molar-refractivity contribution is 5.36. The molecule has 1 aliphatic heterocycles. The molecule has 90 valence electrons. The molecule has 0 bridgehead atoms. The fraction of sp³-hybridized carbons (Fsp3) is 0.500. The van der Waals surface area contributed by atoms with Gasteiger partial charge in [0.2, 0.25) is 0 Å². The van der Waals surface area contributed by atoms with Crippen LogP contribution in [0.4, 0.5) is 0 Å². The molecule has 0 aromatic heterocycles. The average molecular weight is 228 g/mol. The van der Waals surface area contributed by atoms with E-state index in [9.17, 15) is 0 Å². The molecule has 1 atom stereocenters. The second-order valence-electron chi connectivity index (χ2n) is 5.61. The molecule has 1 heterocycles. The van der Waals surface area contributed by atoms with Crippen LogP contribution in [0.1, 0.15) is 37.8 Å². The highest BCUT2D eigenvalue weighted by atomic mass is 16.5. The number of hydrogen-bond donors (Lipinski definition) is 0. The summed E-state index contributed by atoms with van der Waals surface area (Å²) in [6, 6.07) is 8.32. The van der Waals surface area contributed by atoms with Crippen molar-refractivity contribution in [1.29, 1.82) is 0 Å². The molecule has 0 amide bonds. The summed E-state index contributed by atoms with van der Waals surface area (Å²) in [4.78, 5) is 0. The molecule has 0 saturated carbocycles. The minimum absolute atomic E-state index is 0.0973. The Morgan fingerprint density at radius 2 is 1.94 bits per heavy atom. The molecule has 0 spiro atoms. The van der Waals surface area contributed by atoms with E-state index in [-0.39, 0.29) is 6.10 Å². The summed E-state index contributed by atoms with van der Waals surface area (Å²) < 4.78 is 5.69. The van der Waals surface area contributed by atoms with Gasteiger partial charge in [-0.05, 0) is 37.3 Å². The summed E-state index contributed by atoms with van der Waals surface area (Å²) in [5.74, 6) is 6.45. The lowest BCUT2D eigenvalue weighted by molar-refractivity contribution is -0.00491. The van der Waals surface area contributed by atoms with Crippen LogP contribution in [0.25, 0.3) is 0 Å². The zero-order valence-corrected chi connectivity index (χ0v) is 10.9. The van der Waals surface area contributed by atoms with E-state index < -0.39 is 0 Å². The Morgan fingerprint density at radius 3 is 2.59 bits per heavy atom. The Bertz CT molecular complexity index is 431. The van der Waals surface area contributed by atoms with Crippen molar-refractivity contribution < 1.29 is 4.74 Å². The number of rotatable bonds is 0. The SMILES string of the molecule is Cc1ccc(C#CC2CC(C)(C)CCO2)cc1. The molecule has 1 unspecified atom stereocenters. The summed E-state index contributed by atoms with van der Waals surface area (Å²) in [7, 11) is 0. The molecular weight excluding hydrogens is 208 g/mol. The normalized spacial score (nSPS) is 22.6. The van der Waals surface area contributed by atoms with Gasteiger partial charge in [0.15, 0.2) is 0 Å². The summed E-state index contributed by atoms with van der Waals surface area (Å²) in [6.07, 6.45) is 2.27. The third kappa shape index (κ3) is 3.61. The van der Waals surface area contributed by atoms with Crippen molar-refractivity contribution in [3.05, 3.63) is 35.4 Å². The fourth-order valence-electron chi connectivity index (χ4n) is 2.03. The van der Waals surface area contributed by atoms with E-state index in [2.05, 4.69) is 56.9 Å². The first-order valence-corrected chi connectivity index (χ1v) is 6.25. The van der Waals surface area contributed by atoms with Crippen LogP contribution >= 0.6 is 0 Å². The van der Waals surface area contributed by atoms with Crippen LogP contribution in [0.2, 0.25) is 0 Å². The molecule has 1 saturated heterocycles. The van der Waals surface area contributed by atoms with Crippen LogP contribution in [0, 0.1) is 24.2 Å². The Hall–Kier alpha value is -1.26. The first-order valence-electron chi connectivity index (χ1n) is 6.25. The smallest absolute Gasteiger partial charge is 0.119 e. The lowest BCUT2D eigenvalue weighted by atomic mass is 9.82. The van der Waals surface area contributed by atoms with Gasteiger partial charge in [-0.2, -0.15) is 0 Å². The van der Waals surface area contributed by atoms with Crippen LogP contribution in [-0.2, 0) is 4.74 Å². The van der Waals surface area contributed by atoms with E-state index in [0.717, 1.165) is 25.0 Å². The lowest BCUT2D eigenvalue weighted by Gasteiger charge is -2.32. The van der Waals surface area contributed by atoms with Gasteiger partial charge < -0.3 is 4.74 Å². The highest BCUT2D eigenvalue weighted by Gasteiger charge is 2.27. The zero-order chi connectivity index (χ0) is 12.3. The monoisotopic (exact) mass is 228 g/mol. The average Bonchev–Trinajstić information content (AvgIpc) is 2.27. The van der Waals surface area contributed by atoms with Gasteiger partial charge in [0.05, 0.1) is 0 Å². The molecule has 1 fully saturated rings. The quantitative estimate of drug-likeness (QED) is 0.617. The van der Waals surface area contributed by atoms with Gasteiger partial charge in [-0.3, -0.25) is 0 Å². The summed E-state index contributed by atoms with van der Waals surface area (Å²) in [5, 5.41) is 0. The highest BCUT2D eigenvalue weighted by Crippen LogP contribution is 2.31. The van der Waals surface area contributed by atoms with Gasteiger partial charge in [-0.25, -0.2) is 0 Å². The second kappa shape index (κ2) is 4.94. The molecule has 1 aromatic rings. The fourth-order valence-corrected chi connectivity index (χ4v) is 2.03. The van der Waals surface area contributed by atoms with Crippen LogP contribution in [0.5, 0.6) is 0 Å².